The molecule has 0 saturated carbocycles. The van der Waals surface area contributed by atoms with Crippen LogP contribution in [0.25, 0.3) is 11.0 Å². The molecule has 102 valence electrons. The lowest BCUT2D eigenvalue weighted by Crippen LogP contribution is -2.07. The summed E-state index contributed by atoms with van der Waals surface area (Å²) in [6.07, 6.45) is 4.18. The van der Waals surface area contributed by atoms with Gasteiger partial charge in [0.05, 0.1) is 16.6 Å². The van der Waals surface area contributed by atoms with Gasteiger partial charge in [-0.05, 0) is 18.6 Å². The van der Waals surface area contributed by atoms with Gasteiger partial charge in [0.15, 0.2) is 0 Å². The molecular weight excluding hydrogens is 240 g/mol. The molecule has 1 N–H and O–H groups in total. The third-order valence-electron chi connectivity index (χ3n) is 3.38. The second kappa shape index (κ2) is 5.87. The molecule has 0 aliphatic heterocycles. The first-order valence-electron chi connectivity index (χ1n) is 6.90. The second-order valence-electron chi connectivity index (χ2n) is 4.72. The molecule has 0 unspecified atom stereocenters. The van der Waals surface area contributed by atoms with Crippen LogP contribution in [0, 0.1) is 0 Å². The van der Waals surface area contributed by atoms with Crippen molar-refractivity contribution in [1.29, 1.82) is 0 Å². The number of aryl methyl sites for hydroxylation is 2. The van der Waals surface area contributed by atoms with Crippen molar-refractivity contribution in [2.75, 3.05) is 0 Å². The first-order valence-corrected chi connectivity index (χ1v) is 6.90. The Bertz CT molecular complexity index is 587. The highest BCUT2D eigenvalue weighted by Crippen LogP contribution is 2.22. The molecule has 0 saturated heterocycles. The van der Waals surface area contributed by atoms with E-state index in [9.17, 15) is 9.90 Å². The highest BCUT2D eigenvalue weighted by Gasteiger charge is 2.16. The smallest absolute Gasteiger partial charge is 0.337 e. The van der Waals surface area contributed by atoms with E-state index in [0.29, 0.717) is 5.56 Å². The number of benzene rings is 1. The lowest BCUT2D eigenvalue weighted by atomic mass is 10.1. The van der Waals surface area contributed by atoms with Crippen LogP contribution in [-0.2, 0) is 13.0 Å². The summed E-state index contributed by atoms with van der Waals surface area (Å²) in [5, 5.41) is 9.32. The Morgan fingerprint density at radius 2 is 2.11 bits per heavy atom. The number of carbonyl (C=O) groups is 1. The number of hydrogen-bond acceptors (Lipinski definition) is 2. The summed E-state index contributed by atoms with van der Waals surface area (Å²) in [6, 6.07) is 5.30. The molecule has 0 bridgehead atoms. The van der Waals surface area contributed by atoms with Crippen LogP contribution in [0.15, 0.2) is 18.2 Å². The van der Waals surface area contributed by atoms with Gasteiger partial charge in [0.2, 0.25) is 0 Å². The number of fused-ring (bicyclic) bond motifs is 1. The number of imidazole rings is 1. The molecule has 19 heavy (non-hydrogen) atoms. The van der Waals surface area contributed by atoms with Crippen molar-refractivity contribution in [2.45, 2.75) is 46.1 Å². The van der Waals surface area contributed by atoms with Crippen LogP contribution in [0.1, 0.15) is 49.3 Å². The molecule has 0 amide bonds. The Kier molecular flexibility index (Phi) is 4.20. The van der Waals surface area contributed by atoms with E-state index in [2.05, 4.69) is 23.4 Å². The molecule has 1 heterocycles. The number of aromatic carboxylic acids is 1. The molecule has 0 atom stereocenters. The van der Waals surface area contributed by atoms with Gasteiger partial charge in [0, 0.05) is 13.0 Å². The molecule has 4 heteroatoms. The molecule has 1 aromatic carbocycles. The predicted octanol–water partition coefficient (Wildman–Crippen LogP) is 3.49. The molecule has 0 aliphatic carbocycles. The van der Waals surface area contributed by atoms with Crippen LogP contribution in [0.3, 0.4) is 0 Å². The van der Waals surface area contributed by atoms with Crippen molar-refractivity contribution >= 4 is 17.0 Å². The van der Waals surface area contributed by atoms with Crippen molar-refractivity contribution in [3.05, 3.63) is 29.6 Å². The maximum atomic E-state index is 11.4. The summed E-state index contributed by atoms with van der Waals surface area (Å²) < 4.78 is 2.08. The molecule has 2 aromatic rings. The summed E-state index contributed by atoms with van der Waals surface area (Å²) in [5.74, 6) is 0.0877. The van der Waals surface area contributed by atoms with E-state index < -0.39 is 5.97 Å². The van der Waals surface area contributed by atoms with Crippen molar-refractivity contribution in [2.24, 2.45) is 0 Å². The monoisotopic (exact) mass is 260 g/mol. The van der Waals surface area contributed by atoms with Gasteiger partial charge in [-0.15, -0.1) is 0 Å². The van der Waals surface area contributed by atoms with E-state index in [1.807, 2.05) is 6.07 Å². The third-order valence-corrected chi connectivity index (χ3v) is 3.38. The van der Waals surface area contributed by atoms with Crippen LogP contribution in [0.5, 0.6) is 0 Å². The van der Waals surface area contributed by atoms with Gasteiger partial charge in [0.25, 0.3) is 0 Å². The van der Waals surface area contributed by atoms with Crippen molar-refractivity contribution in [3.63, 3.8) is 0 Å². The molecule has 1 aromatic heterocycles. The topological polar surface area (TPSA) is 55.1 Å². The number of carboxylic acids is 1. The Morgan fingerprint density at radius 1 is 1.32 bits per heavy atom. The van der Waals surface area contributed by atoms with Crippen molar-refractivity contribution in [3.8, 4) is 0 Å². The largest absolute Gasteiger partial charge is 0.478 e. The highest BCUT2D eigenvalue weighted by molar-refractivity contribution is 6.01. The van der Waals surface area contributed by atoms with E-state index in [-0.39, 0.29) is 0 Å². The van der Waals surface area contributed by atoms with Crippen LogP contribution in [0.4, 0.5) is 0 Å². The summed E-state index contributed by atoms with van der Waals surface area (Å²) >= 11 is 0. The molecular formula is C15H20N2O2. The Hall–Kier alpha value is -1.84. The minimum atomic E-state index is -0.884. The normalized spacial score (nSPS) is 11.1. The summed E-state index contributed by atoms with van der Waals surface area (Å²) in [6.45, 7) is 5.06. The average Bonchev–Trinajstić information content (AvgIpc) is 2.77. The minimum Gasteiger partial charge on any atom is -0.478 e. The number of aromatic nitrogens is 2. The van der Waals surface area contributed by atoms with Gasteiger partial charge in [-0.3, -0.25) is 0 Å². The fourth-order valence-corrected chi connectivity index (χ4v) is 2.44. The zero-order chi connectivity index (χ0) is 13.8. The van der Waals surface area contributed by atoms with Gasteiger partial charge < -0.3 is 9.67 Å². The lowest BCUT2D eigenvalue weighted by molar-refractivity contribution is 0.0698. The summed E-state index contributed by atoms with van der Waals surface area (Å²) in [5.41, 5.74) is 1.90. The van der Waals surface area contributed by atoms with Gasteiger partial charge in [-0.25, -0.2) is 9.78 Å². The van der Waals surface area contributed by atoms with Gasteiger partial charge in [-0.2, -0.15) is 0 Å². The molecule has 4 nitrogen and oxygen atoms in total. The highest BCUT2D eigenvalue weighted by atomic mass is 16.4. The van der Waals surface area contributed by atoms with Crippen LogP contribution >= 0.6 is 0 Å². The number of nitrogens with zero attached hydrogens (tertiary/aromatic N) is 2. The quantitative estimate of drug-likeness (QED) is 0.809. The Morgan fingerprint density at radius 3 is 2.74 bits per heavy atom. The van der Waals surface area contributed by atoms with Gasteiger partial charge in [-0.1, -0.05) is 32.8 Å². The lowest BCUT2D eigenvalue weighted by Gasteiger charge is -2.09. The zero-order valence-corrected chi connectivity index (χ0v) is 11.5. The number of carboxylic acid groups (broad SMARTS) is 1. The number of para-hydroxylation sites is 1. The van der Waals surface area contributed by atoms with Crippen LogP contribution in [0.2, 0.25) is 0 Å². The first-order chi connectivity index (χ1) is 9.19. The maximum absolute atomic E-state index is 11.4. The maximum Gasteiger partial charge on any atom is 0.337 e. The van der Waals surface area contributed by atoms with E-state index in [1.165, 1.54) is 0 Å². The average molecular weight is 260 g/mol. The number of unbranched alkanes of at least 4 members (excludes halogenated alkanes) is 2. The standard InChI is InChI=1S/C15H20N2O2/c1-3-5-6-10-17-13(4-2)16-12-9-7-8-11(14(12)17)15(18)19/h7-9H,3-6,10H2,1-2H3,(H,18,19). The molecule has 0 aliphatic rings. The first kappa shape index (κ1) is 13.6. The number of rotatable bonds is 6. The van der Waals surface area contributed by atoms with E-state index >= 15 is 0 Å². The molecule has 0 fully saturated rings. The number of hydrogen-bond donors (Lipinski definition) is 1. The SMILES string of the molecule is CCCCCn1c(CC)nc2cccc(C(=O)O)c21. The Balaban J connectivity index is 2.53. The fraction of sp³-hybridized carbons (Fsp3) is 0.467. The van der Waals surface area contributed by atoms with Crippen molar-refractivity contribution in [1.82, 2.24) is 9.55 Å². The Labute approximate surface area is 113 Å². The predicted molar refractivity (Wildman–Crippen MR) is 75.6 cm³/mol. The summed E-state index contributed by atoms with van der Waals surface area (Å²) in [4.78, 5) is 15.9. The van der Waals surface area contributed by atoms with Gasteiger partial charge in [0.1, 0.15) is 5.82 Å². The van der Waals surface area contributed by atoms with Crippen LogP contribution < -0.4 is 0 Å². The van der Waals surface area contributed by atoms with E-state index in [4.69, 9.17) is 0 Å². The fourth-order valence-electron chi connectivity index (χ4n) is 2.44. The second-order valence-corrected chi connectivity index (χ2v) is 4.72. The molecule has 0 spiro atoms. The molecule has 0 radical (unpaired) electrons. The van der Waals surface area contributed by atoms with E-state index in [0.717, 1.165) is 49.1 Å². The summed E-state index contributed by atoms with van der Waals surface area (Å²) in [7, 11) is 0. The van der Waals surface area contributed by atoms with E-state index in [1.54, 1.807) is 12.1 Å². The zero-order valence-electron chi connectivity index (χ0n) is 11.5. The van der Waals surface area contributed by atoms with Crippen molar-refractivity contribution < 1.29 is 9.90 Å². The minimum absolute atomic E-state index is 0.348. The molecule has 2 rings (SSSR count). The third kappa shape index (κ3) is 2.62. The van der Waals surface area contributed by atoms with Crippen LogP contribution in [-0.4, -0.2) is 20.6 Å². The van der Waals surface area contributed by atoms with Gasteiger partial charge >= 0.3 is 5.97 Å².